The highest BCUT2D eigenvalue weighted by molar-refractivity contribution is 5.61. The zero-order valence-electron chi connectivity index (χ0n) is 13.9. The molecule has 4 rings (SSSR count). The van der Waals surface area contributed by atoms with Crippen LogP contribution in [0.4, 0.5) is 11.4 Å². The van der Waals surface area contributed by atoms with Gasteiger partial charge in [0.15, 0.2) is 0 Å². The van der Waals surface area contributed by atoms with Gasteiger partial charge in [0.1, 0.15) is 0 Å². The molecule has 2 fully saturated rings. The minimum Gasteiger partial charge on any atom is -0.371 e. The SMILES string of the molecule is C=c1cc(N2CCC2)cc/c1=C/c1ccc(N2CCC2)cc1C. The first-order chi connectivity index (χ1) is 11.2. The van der Waals surface area contributed by atoms with Gasteiger partial charge in [-0.1, -0.05) is 18.7 Å². The minimum absolute atomic E-state index is 1.11. The molecule has 0 spiro atoms. The Hall–Kier alpha value is -2.22. The van der Waals surface area contributed by atoms with Crippen LogP contribution < -0.4 is 20.2 Å². The van der Waals surface area contributed by atoms with Crippen LogP contribution in [0.15, 0.2) is 36.4 Å². The lowest BCUT2D eigenvalue weighted by Gasteiger charge is -2.33. The smallest absolute Gasteiger partial charge is 0.0372 e. The molecule has 0 radical (unpaired) electrons. The minimum atomic E-state index is 1.11. The highest BCUT2D eigenvalue weighted by Gasteiger charge is 2.15. The van der Waals surface area contributed by atoms with Gasteiger partial charge < -0.3 is 9.80 Å². The third-order valence-corrected chi connectivity index (χ3v) is 5.13. The summed E-state index contributed by atoms with van der Waals surface area (Å²) in [6.07, 6.45) is 4.89. The van der Waals surface area contributed by atoms with Crippen LogP contribution in [0, 0.1) is 6.92 Å². The van der Waals surface area contributed by atoms with E-state index in [0.717, 1.165) is 5.22 Å². The van der Waals surface area contributed by atoms with E-state index in [1.54, 1.807) is 0 Å². The number of hydrogen-bond donors (Lipinski definition) is 0. The van der Waals surface area contributed by atoms with Gasteiger partial charge in [-0.3, -0.25) is 0 Å². The Morgan fingerprint density at radius 3 is 2.00 bits per heavy atom. The number of rotatable bonds is 3. The summed E-state index contributed by atoms with van der Waals surface area (Å²) in [5, 5.41) is 2.33. The summed E-state index contributed by atoms with van der Waals surface area (Å²) in [5.74, 6) is 0. The molecule has 2 nitrogen and oxygen atoms in total. The standard InChI is InChI=1S/C21H24N2/c1-16-13-20(22-9-3-10-22)7-5-18(16)15-19-6-8-21(14-17(19)2)23-11-4-12-23/h5-8,13-15H,1,3-4,9-12H2,2H3/b18-15-. The van der Waals surface area contributed by atoms with Gasteiger partial charge in [-0.25, -0.2) is 0 Å². The lowest BCUT2D eigenvalue weighted by Crippen LogP contribution is -2.38. The van der Waals surface area contributed by atoms with Crippen LogP contribution in [0.1, 0.15) is 24.0 Å². The van der Waals surface area contributed by atoms with Gasteiger partial charge in [0.05, 0.1) is 0 Å². The number of nitrogens with zero attached hydrogens (tertiary/aromatic N) is 2. The van der Waals surface area contributed by atoms with Gasteiger partial charge in [0.2, 0.25) is 0 Å². The summed E-state index contributed by atoms with van der Waals surface area (Å²) in [6.45, 7) is 11.2. The van der Waals surface area contributed by atoms with Gasteiger partial charge in [0.25, 0.3) is 0 Å². The van der Waals surface area contributed by atoms with Gasteiger partial charge in [-0.15, -0.1) is 0 Å². The Morgan fingerprint density at radius 2 is 1.48 bits per heavy atom. The average molecular weight is 304 g/mol. The topological polar surface area (TPSA) is 6.48 Å². The first-order valence-corrected chi connectivity index (χ1v) is 8.62. The van der Waals surface area contributed by atoms with E-state index in [2.05, 4.69) is 65.8 Å². The van der Waals surface area contributed by atoms with Crippen molar-refractivity contribution in [3.8, 4) is 0 Å². The van der Waals surface area contributed by atoms with E-state index >= 15 is 0 Å². The second-order valence-corrected chi connectivity index (χ2v) is 6.75. The van der Waals surface area contributed by atoms with Gasteiger partial charge >= 0.3 is 0 Å². The molecule has 0 aromatic heterocycles. The molecule has 0 N–H and O–H groups in total. The maximum absolute atomic E-state index is 4.25. The molecule has 0 unspecified atom stereocenters. The number of anilines is 2. The van der Waals surface area contributed by atoms with Crippen molar-refractivity contribution in [3.63, 3.8) is 0 Å². The van der Waals surface area contributed by atoms with Crippen molar-refractivity contribution in [1.82, 2.24) is 0 Å². The van der Waals surface area contributed by atoms with E-state index in [1.165, 1.54) is 66.7 Å². The lowest BCUT2D eigenvalue weighted by atomic mass is 10.0. The van der Waals surface area contributed by atoms with Crippen LogP contribution >= 0.6 is 0 Å². The van der Waals surface area contributed by atoms with Gasteiger partial charge in [0, 0.05) is 37.6 Å². The molecular formula is C21H24N2. The Morgan fingerprint density at radius 1 is 0.870 bits per heavy atom. The van der Waals surface area contributed by atoms with Crippen molar-refractivity contribution in [3.05, 3.63) is 58.0 Å². The molecule has 0 aliphatic carbocycles. The molecule has 2 saturated heterocycles. The van der Waals surface area contributed by atoms with E-state index < -0.39 is 0 Å². The fraction of sp³-hybridized carbons (Fsp3) is 0.333. The zero-order valence-corrected chi connectivity index (χ0v) is 13.9. The largest absolute Gasteiger partial charge is 0.371 e. The molecule has 0 atom stereocenters. The molecule has 0 bridgehead atoms. The number of benzene rings is 2. The summed E-state index contributed by atoms with van der Waals surface area (Å²) < 4.78 is 0. The van der Waals surface area contributed by atoms with Crippen molar-refractivity contribution >= 4 is 24.0 Å². The highest BCUT2D eigenvalue weighted by Crippen LogP contribution is 2.23. The molecular weight excluding hydrogens is 280 g/mol. The summed E-state index contributed by atoms with van der Waals surface area (Å²) in [4.78, 5) is 4.84. The summed E-state index contributed by atoms with van der Waals surface area (Å²) in [7, 11) is 0. The Kier molecular flexibility index (Phi) is 3.60. The fourth-order valence-electron chi connectivity index (χ4n) is 3.26. The van der Waals surface area contributed by atoms with Gasteiger partial charge in [-0.05, 0) is 71.7 Å². The normalized spacial score (nSPS) is 17.9. The molecule has 2 aliphatic rings. The van der Waals surface area contributed by atoms with E-state index in [9.17, 15) is 0 Å². The molecule has 2 aromatic carbocycles. The molecule has 2 heterocycles. The van der Waals surface area contributed by atoms with Crippen LogP contribution in [-0.4, -0.2) is 26.2 Å². The molecule has 0 amide bonds. The van der Waals surface area contributed by atoms with Crippen molar-refractivity contribution in [2.24, 2.45) is 0 Å². The van der Waals surface area contributed by atoms with Crippen molar-refractivity contribution in [2.75, 3.05) is 36.0 Å². The number of hydrogen-bond acceptors (Lipinski definition) is 2. The van der Waals surface area contributed by atoms with Crippen LogP contribution in [0.2, 0.25) is 0 Å². The first-order valence-electron chi connectivity index (χ1n) is 8.62. The quantitative estimate of drug-likeness (QED) is 0.860. The lowest BCUT2D eigenvalue weighted by molar-refractivity contribution is 0.617. The van der Waals surface area contributed by atoms with E-state index in [4.69, 9.17) is 0 Å². The second-order valence-electron chi connectivity index (χ2n) is 6.75. The number of aryl methyl sites for hydroxylation is 1. The maximum atomic E-state index is 4.25. The third-order valence-electron chi connectivity index (χ3n) is 5.13. The van der Waals surface area contributed by atoms with Crippen molar-refractivity contribution in [2.45, 2.75) is 19.8 Å². The predicted octanol–water partition coefficient (Wildman–Crippen LogP) is 2.65. The Bertz CT molecular complexity index is 829. The summed E-state index contributed by atoms with van der Waals surface area (Å²) in [6, 6.07) is 13.4. The zero-order chi connectivity index (χ0) is 15.8. The van der Waals surface area contributed by atoms with Crippen LogP contribution in [0.25, 0.3) is 12.7 Å². The Labute approximate surface area is 138 Å². The monoisotopic (exact) mass is 304 g/mol. The van der Waals surface area contributed by atoms with Crippen LogP contribution in [0.3, 0.4) is 0 Å². The predicted molar refractivity (Wildman–Crippen MR) is 99.6 cm³/mol. The van der Waals surface area contributed by atoms with Gasteiger partial charge in [-0.2, -0.15) is 0 Å². The fourth-order valence-corrected chi connectivity index (χ4v) is 3.26. The highest BCUT2D eigenvalue weighted by atomic mass is 15.2. The maximum Gasteiger partial charge on any atom is 0.0372 e. The van der Waals surface area contributed by atoms with Crippen molar-refractivity contribution < 1.29 is 0 Å². The average Bonchev–Trinajstić information content (AvgIpc) is 2.40. The first kappa shape index (κ1) is 14.4. The van der Waals surface area contributed by atoms with E-state index in [1.807, 2.05) is 0 Å². The van der Waals surface area contributed by atoms with E-state index in [0.29, 0.717) is 0 Å². The van der Waals surface area contributed by atoms with Crippen LogP contribution in [0.5, 0.6) is 0 Å². The Balaban J connectivity index is 1.65. The van der Waals surface area contributed by atoms with Crippen molar-refractivity contribution in [1.29, 1.82) is 0 Å². The van der Waals surface area contributed by atoms with E-state index in [-0.39, 0.29) is 0 Å². The molecule has 2 aromatic rings. The van der Waals surface area contributed by atoms with Crippen LogP contribution in [-0.2, 0) is 0 Å². The second kappa shape index (κ2) is 5.77. The molecule has 0 saturated carbocycles. The third kappa shape index (κ3) is 2.74. The molecule has 118 valence electrons. The summed E-state index contributed by atoms with van der Waals surface area (Å²) >= 11 is 0. The molecule has 23 heavy (non-hydrogen) atoms. The summed E-state index contributed by atoms with van der Waals surface area (Å²) in [5.41, 5.74) is 5.29. The molecule has 2 heteroatoms. The molecule has 2 aliphatic heterocycles.